The Morgan fingerprint density at radius 2 is 1.61 bits per heavy atom. The highest BCUT2D eigenvalue weighted by Crippen LogP contribution is 2.25. The molecule has 2 heteroatoms. The number of nitrogens with two attached hydrogens (primary N) is 1. The molecule has 0 saturated heterocycles. The van der Waals surface area contributed by atoms with E-state index in [-0.39, 0.29) is 5.54 Å². The van der Waals surface area contributed by atoms with E-state index in [2.05, 4.69) is 59.3 Å². The van der Waals surface area contributed by atoms with Crippen LogP contribution in [0.3, 0.4) is 0 Å². The molecule has 0 spiro atoms. The van der Waals surface area contributed by atoms with Crippen LogP contribution in [-0.2, 0) is 12.0 Å². The van der Waals surface area contributed by atoms with Crippen molar-refractivity contribution in [3.8, 4) is 0 Å². The highest BCUT2D eigenvalue weighted by atomic mass is 79.9. The van der Waals surface area contributed by atoms with E-state index in [1.54, 1.807) is 0 Å². The van der Waals surface area contributed by atoms with Crippen molar-refractivity contribution in [2.75, 3.05) is 0 Å². The smallest absolute Gasteiger partial charge is 0.0384 e. The van der Waals surface area contributed by atoms with Gasteiger partial charge in [-0.15, -0.1) is 0 Å². The zero-order valence-electron chi connectivity index (χ0n) is 10.6. The van der Waals surface area contributed by atoms with Gasteiger partial charge in [-0.25, -0.2) is 0 Å². The minimum atomic E-state index is -0.281. The van der Waals surface area contributed by atoms with Crippen molar-refractivity contribution in [2.24, 2.45) is 5.73 Å². The Morgan fingerprint density at radius 3 is 2.22 bits per heavy atom. The van der Waals surface area contributed by atoms with Crippen molar-refractivity contribution in [3.05, 3.63) is 70.2 Å². The van der Waals surface area contributed by atoms with E-state index in [9.17, 15) is 0 Å². The molecule has 2 aromatic carbocycles. The molecule has 0 saturated carbocycles. The minimum Gasteiger partial charge on any atom is -0.322 e. The summed E-state index contributed by atoms with van der Waals surface area (Å²) in [4.78, 5) is 0. The van der Waals surface area contributed by atoms with Crippen LogP contribution in [0, 0.1) is 0 Å². The molecule has 1 unspecified atom stereocenters. The summed E-state index contributed by atoms with van der Waals surface area (Å²) in [6.45, 7) is 2.10. The van der Waals surface area contributed by atoms with Crippen molar-refractivity contribution in [1.29, 1.82) is 0 Å². The van der Waals surface area contributed by atoms with Crippen LogP contribution >= 0.6 is 15.9 Å². The first-order valence-corrected chi connectivity index (χ1v) is 6.96. The summed E-state index contributed by atoms with van der Waals surface area (Å²) in [5.74, 6) is 0. The molecule has 0 aliphatic rings. The summed E-state index contributed by atoms with van der Waals surface area (Å²) >= 11 is 3.45. The highest BCUT2D eigenvalue weighted by Gasteiger charge is 2.20. The zero-order valence-corrected chi connectivity index (χ0v) is 12.2. The lowest BCUT2D eigenvalue weighted by molar-refractivity contribution is 0.453. The normalized spacial score (nSPS) is 14.2. The Morgan fingerprint density at radius 1 is 1.00 bits per heavy atom. The van der Waals surface area contributed by atoms with Gasteiger partial charge in [-0.1, -0.05) is 58.4 Å². The predicted octanol–water partition coefficient (Wildman–Crippen LogP) is 4.26. The summed E-state index contributed by atoms with van der Waals surface area (Å²) in [7, 11) is 0. The van der Waals surface area contributed by atoms with Gasteiger partial charge in [0.25, 0.3) is 0 Å². The Bertz CT molecular complexity index is 488. The lowest BCUT2D eigenvalue weighted by Crippen LogP contribution is -2.33. The van der Waals surface area contributed by atoms with Gasteiger partial charge in [0, 0.05) is 10.0 Å². The summed E-state index contributed by atoms with van der Waals surface area (Å²) in [6.07, 6.45) is 1.95. The van der Waals surface area contributed by atoms with Crippen molar-refractivity contribution in [3.63, 3.8) is 0 Å². The Hall–Kier alpha value is -1.12. The number of hydrogen-bond acceptors (Lipinski definition) is 1. The van der Waals surface area contributed by atoms with Gasteiger partial charge in [-0.2, -0.15) is 0 Å². The van der Waals surface area contributed by atoms with E-state index in [4.69, 9.17) is 5.73 Å². The molecule has 0 aliphatic carbocycles. The fourth-order valence-electron chi connectivity index (χ4n) is 2.02. The molecule has 0 amide bonds. The Balaban J connectivity index is 2.05. The molecule has 0 radical (unpaired) electrons. The van der Waals surface area contributed by atoms with Crippen LogP contribution in [0.4, 0.5) is 0 Å². The third-order valence-electron chi connectivity index (χ3n) is 3.28. The molecule has 0 fully saturated rings. The van der Waals surface area contributed by atoms with Gasteiger partial charge in [0.05, 0.1) is 0 Å². The second kappa shape index (κ2) is 5.68. The monoisotopic (exact) mass is 303 g/mol. The van der Waals surface area contributed by atoms with Crippen LogP contribution in [0.15, 0.2) is 59.1 Å². The van der Waals surface area contributed by atoms with E-state index in [0.29, 0.717) is 0 Å². The van der Waals surface area contributed by atoms with Gasteiger partial charge in [0.15, 0.2) is 0 Å². The molecule has 94 valence electrons. The van der Waals surface area contributed by atoms with Crippen LogP contribution in [0.2, 0.25) is 0 Å². The first kappa shape index (κ1) is 13.3. The SMILES string of the molecule is CC(N)(CCc1ccccc1)c1ccc(Br)cc1. The first-order valence-electron chi connectivity index (χ1n) is 6.17. The van der Waals surface area contributed by atoms with Crippen molar-refractivity contribution in [1.82, 2.24) is 0 Å². The third-order valence-corrected chi connectivity index (χ3v) is 3.81. The molecule has 1 atom stereocenters. The second-order valence-electron chi connectivity index (χ2n) is 4.91. The Labute approximate surface area is 117 Å². The van der Waals surface area contributed by atoms with E-state index in [1.807, 2.05) is 18.2 Å². The number of aryl methyl sites for hydroxylation is 1. The number of hydrogen-bond donors (Lipinski definition) is 1. The summed E-state index contributed by atoms with van der Waals surface area (Å²) in [6, 6.07) is 18.8. The average Bonchev–Trinajstić information content (AvgIpc) is 2.38. The van der Waals surface area contributed by atoms with Crippen molar-refractivity contribution in [2.45, 2.75) is 25.3 Å². The molecule has 0 aliphatic heterocycles. The summed E-state index contributed by atoms with van der Waals surface area (Å²) < 4.78 is 1.09. The lowest BCUT2D eigenvalue weighted by Gasteiger charge is -2.25. The molecule has 0 aromatic heterocycles. The maximum atomic E-state index is 6.42. The van der Waals surface area contributed by atoms with E-state index < -0.39 is 0 Å². The minimum absolute atomic E-state index is 0.281. The van der Waals surface area contributed by atoms with Crippen LogP contribution in [-0.4, -0.2) is 0 Å². The molecule has 2 aromatic rings. The van der Waals surface area contributed by atoms with Crippen LogP contribution < -0.4 is 5.73 Å². The molecular weight excluding hydrogens is 286 g/mol. The molecule has 0 heterocycles. The fourth-order valence-corrected chi connectivity index (χ4v) is 2.29. The molecular formula is C16H18BrN. The van der Waals surface area contributed by atoms with E-state index >= 15 is 0 Å². The zero-order chi connectivity index (χ0) is 13.0. The largest absolute Gasteiger partial charge is 0.322 e. The quantitative estimate of drug-likeness (QED) is 0.897. The van der Waals surface area contributed by atoms with Crippen molar-refractivity contribution < 1.29 is 0 Å². The molecule has 2 rings (SSSR count). The standard InChI is InChI=1S/C16H18BrN/c1-16(18,14-7-9-15(17)10-8-14)12-11-13-5-3-2-4-6-13/h2-10H,11-12,18H2,1H3. The lowest BCUT2D eigenvalue weighted by atomic mass is 9.87. The number of rotatable bonds is 4. The maximum Gasteiger partial charge on any atom is 0.0384 e. The van der Waals surface area contributed by atoms with Crippen LogP contribution in [0.25, 0.3) is 0 Å². The third kappa shape index (κ3) is 3.44. The van der Waals surface area contributed by atoms with Crippen molar-refractivity contribution >= 4 is 15.9 Å². The number of halogens is 1. The maximum absolute atomic E-state index is 6.42. The molecule has 2 N–H and O–H groups in total. The van der Waals surface area contributed by atoms with E-state index in [0.717, 1.165) is 17.3 Å². The van der Waals surface area contributed by atoms with Gasteiger partial charge in [0.2, 0.25) is 0 Å². The van der Waals surface area contributed by atoms with Crippen LogP contribution in [0.5, 0.6) is 0 Å². The average molecular weight is 304 g/mol. The van der Waals surface area contributed by atoms with Gasteiger partial charge in [-0.05, 0) is 43.0 Å². The van der Waals surface area contributed by atoms with Gasteiger partial charge < -0.3 is 5.73 Å². The van der Waals surface area contributed by atoms with E-state index in [1.165, 1.54) is 11.1 Å². The molecule has 18 heavy (non-hydrogen) atoms. The van der Waals surface area contributed by atoms with Gasteiger partial charge >= 0.3 is 0 Å². The summed E-state index contributed by atoms with van der Waals surface area (Å²) in [5.41, 5.74) is 8.66. The van der Waals surface area contributed by atoms with Gasteiger partial charge in [0.1, 0.15) is 0 Å². The fraction of sp³-hybridized carbons (Fsp3) is 0.250. The molecule has 0 bridgehead atoms. The molecule has 1 nitrogen and oxygen atoms in total. The highest BCUT2D eigenvalue weighted by molar-refractivity contribution is 9.10. The number of benzene rings is 2. The Kier molecular flexibility index (Phi) is 4.20. The van der Waals surface area contributed by atoms with Gasteiger partial charge in [-0.3, -0.25) is 0 Å². The summed E-state index contributed by atoms with van der Waals surface area (Å²) in [5, 5.41) is 0. The predicted molar refractivity (Wildman–Crippen MR) is 80.4 cm³/mol. The second-order valence-corrected chi connectivity index (χ2v) is 5.83. The topological polar surface area (TPSA) is 26.0 Å². The first-order chi connectivity index (χ1) is 8.58. The van der Waals surface area contributed by atoms with Crippen LogP contribution in [0.1, 0.15) is 24.5 Å².